The number of carbonyl (C=O) groups excluding carboxylic acids is 2. The molecule has 1 N–H and O–H groups in total. The van der Waals surface area contributed by atoms with Gasteiger partial charge in [0.1, 0.15) is 19.3 Å². The third-order valence-electron chi connectivity index (χ3n) is 15.7. The van der Waals surface area contributed by atoms with E-state index < -0.39 is 20.0 Å². The molecule has 0 bridgehead atoms. The van der Waals surface area contributed by atoms with Crippen LogP contribution in [0, 0.1) is 0 Å². The Balaban J connectivity index is 5.13. The molecular formula is C71H135N2O7P. The predicted octanol–water partition coefficient (Wildman–Crippen LogP) is 21.4. The van der Waals surface area contributed by atoms with Crippen LogP contribution in [0.25, 0.3) is 0 Å². The molecule has 0 radical (unpaired) electrons. The molecule has 3 atom stereocenters. The van der Waals surface area contributed by atoms with E-state index in [1.807, 2.05) is 33.3 Å². The van der Waals surface area contributed by atoms with Crippen molar-refractivity contribution in [3.05, 3.63) is 48.6 Å². The number of phosphoric acid groups is 1. The number of carbonyl (C=O) groups is 2. The Morgan fingerprint density at radius 1 is 0.432 bits per heavy atom. The molecular weight excluding hydrogens is 1020 g/mol. The third-order valence-corrected chi connectivity index (χ3v) is 16.7. The number of quaternary nitrogens is 1. The maximum Gasteiger partial charge on any atom is 0.306 e. The van der Waals surface area contributed by atoms with Gasteiger partial charge in [0.05, 0.1) is 33.8 Å². The van der Waals surface area contributed by atoms with Crippen LogP contribution < -0.4 is 10.2 Å². The van der Waals surface area contributed by atoms with E-state index in [9.17, 15) is 19.0 Å². The van der Waals surface area contributed by atoms with Crippen molar-refractivity contribution in [1.82, 2.24) is 5.32 Å². The second-order valence-corrected chi connectivity index (χ2v) is 26.4. The number of hydrogen-bond donors (Lipinski definition) is 1. The highest BCUT2D eigenvalue weighted by molar-refractivity contribution is 7.45. The van der Waals surface area contributed by atoms with Crippen molar-refractivity contribution in [1.29, 1.82) is 0 Å². The summed E-state index contributed by atoms with van der Waals surface area (Å²) in [7, 11) is 1.19. The number of hydrogen-bond acceptors (Lipinski definition) is 7. The number of nitrogens with one attached hydrogen (secondary N) is 1. The molecule has 3 unspecified atom stereocenters. The Morgan fingerprint density at radius 3 is 1.15 bits per heavy atom. The molecule has 1 amide bonds. The van der Waals surface area contributed by atoms with Crippen LogP contribution in [0.15, 0.2) is 48.6 Å². The van der Waals surface area contributed by atoms with Gasteiger partial charge in [-0.3, -0.25) is 14.2 Å². The molecule has 9 nitrogen and oxygen atoms in total. The quantitative estimate of drug-likeness (QED) is 0.0212. The predicted molar refractivity (Wildman–Crippen MR) is 349 cm³/mol. The smallest absolute Gasteiger partial charge is 0.306 e. The molecule has 0 aromatic rings. The lowest BCUT2D eigenvalue weighted by atomic mass is 10.0. The van der Waals surface area contributed by atoms with Crippen LogP contribution in [-0.4, -0.2) is 69.4 Å². The van der Waals surface area contributed by atoms with Crippen molar-refractivity contribution >= 4 is 19.7 Å². The van der Waals surface area contributed by atoms with Crippen LogP contribution >= 0.6 is 7.82 Å². The van der Waals surface area contributed by atoms with E-state index in [4.69, 9.17) is 13.8 Å². The number of phosphoric ester groups is 1. The highest BCUT2D eigenvalue weighted by Crippen LogP contribution is 2.38. The summed E-state index contributed by atoms with van der Waals surface area (Å²) in [4.78, 5) is 40.2. The second kappa shape index (κ2) is 61.1. The fourth-order valence-electron chi connectivity index (χ4n) is 10.3. The van der Waals surface area contributed by atoms with E-state index in [0.29, 0.717) is 17.4 Å². The van der Waals surface area contributed by atoms with E-state index in [1.165, 1.54) is 244 Å². The number of esters is 1. The molecule has 0 aliphatic carbocycles. The number of amides is 1. The SMILES string of the molecule is CCCCC/C=C\C/C=C\CCCCCCCCCCCCCC(=O)NC(COP(=O)([O-])OCC[N+](C)(C)C)C(/C=C/CCCCCCCCCCCCC)OC(=O)CCCCCCCCCCCCC/C=C/CCCCCCCC. The van der Waals surface area contributed by atoms with Gasteiger partial charge in [-0.05, 0) is 89.5 Å². The van der Waals surface area contributed by atoms with Crippen molar-refractivity contribution in [3.8, 4) is 0 Å². The molecule has 81 heavy (non-hydrogen) atoms. The van der Waals surface area contributed by atoms with E-state index in [-0.39, 0.29) is 31.5 Å². The molecule has 0 saturated carbocycles. The van der Waals surface area contributed by atoms with Gasteiger partial charge in [-0.15, -0.1) is 0 Å². The summed E-state index contributed by atoms with van der Waals surface area (Å²) in [5, 5.41) is 3.05. The summed E-state index contributed by atoms with van der Waals surface area (Å²) in [5.74, 6) is -0.529. The maximum atomic E-state index is 13.6. The average molecular weight is 1160 g/mol. The Hall–Kier alpha value is -2.03. The largest absolute Gasteiger partial charge is 0.756 e. The highest BCUT2D eigenvalue weighted by atomic mass is 31.2. The number of nitrogens with zero attached hydrogens (tertiary/aromatic N) is 1. The van der Waals surface area contributed by atoms with Gasteiger partial charge in [0, 0.05) is 12.8 Å². The molecule has 0 aromatic heterocycles. The van der Waals surface area contributed by atoms with Crippen LogP contribution in [0.5, 0.6) is 0 Å². The van der Waals surface area contributed by atoms with Crippen LogP contribution in [0.4, 0.5) is 0 Å². The molecule has 476 valence electrons. The van der Waals surface area contributed by atoms with Crippen LogP contribution in [0.1, 0.15) is 342 Å². The standard InChI is InChI=1S/C71H135N2O7P/c1-7-10-13-16-19-22-25-28-30-32-34-36-38-40-42-45-48-51-54-57-60-63-70(74)72-68(67-79-81(76,77)78-66-65-73(4,5)6)69(62-59-56-53-50-47-44-27-24-21-18-15-12-9-3)80-71(75)64-61-58-55-52-49-46-43-41-39-37-35-33-31-29-26-23-20-17-14-11-8-2/h19,22,28-31,59,62,68-69H,7-18,20-21,23-27,32-58,60-61,63-67H2,1-6H3,(H-,72,74,76,77)/b22-19-,30-28-,31-29+,62-59+. The zero-order valence-corrected chi connectivity index (χ0v) is 55.4. The van der Waals surface area contributed by atoms with Crippen molar-refractivity contribution in [3.63, 3.8) is 0 Å². The van der Waals surface area contributed by atoms with Crippen molar-refractivity contribution in [2.45, 2.75) is 354 Å². The van der Waals surface area contributed by atoms with Crippen molar-refractivity contribution in [2.24, 2.45) is 0 Å². The Labute approximate surface area is 503 Å². The summed E-state index contributed by atoms with van der Waals surface area (Å²) < 4.78 is 30.5. The van der Waals surface area contributed by atoms with Gasteiger partial charge in [0.25, 0.3) is 7.82 Å². The van der Waals surface area contributed by atoms with Gasteiger partial charge in [-0.2, -0.15) is 0 Å². The molecule has 0 rings (SSSR count). The Kier molecular flexibility index (Phi) is 59.5. The van der Waals surface area contributed by atoms with Crippen molar-refractivity contribution in [2.75, 3.05) is 40.9 Å². The number of allylic oxidation sites excluding steroid dienone is 7. The van der Waals surface area contributed by atoms with E-state index in [2.05, 4.69) is 62.5 Å². The lowest BCUT2D eigenvalue weighted by Crippen LogP contribution is -2.47. The molecule has 0 spiro atoms. The molecule has 0 fully saturated rings. The maximum absolute atomic E-state index is 13.6. The Bertz CT molecular complexity index is 1520. The van der Waals surface area contributed by atoms with E-state index in [0.717, 1.165) is 64.2 Å². The molecule has 0 aliphatic rings. The van der Waals surface area contributed by atoms with Gasteiger partial charge < -0.3 is 28.5 Å². The minimum Gasteiger partial charge on any atom is -0.756 e. The fraction of sp³-hybridized carbons (Fsp3) is 0.859. The van der Waals surface area contributed by atoms with Gasteiger partial charge in [0.2, 0.25) is 5.91 Å². The first-order chi connectivity index (χ1) is 39.4. The molecule has 0 aromatic carbocycles. The van der Waals surface area contributed by atoms with Crippen LogP contribution in [-0.2, 0) is 27.9 Å². The first kappa shape index (κ1) is 79.0. The topological polar surface area (TPSA) is 114 Å². The minimum atomic E-state index is -4.70. The first-order valence-electron chi connectivity index (χ1n) is 34.9. The second-order valence-electron chi connectivity index (χ2n) is 25.0. The average Bonchev–Trinajstić information content (AvgIpc) is 3.44. The lowest BCUT2D eigenvalue weighted by molar-refractivity contribution is -0.870. The Morgan fingerprint density at radius 2 is 0.753 bits per heavy atom. The van der Waals surface area contributed by atoms with Gasteiger partial charge >= 0.3 is 5.97 Å². The van der Waals surface area contributed by atoms with Gasteiger partial charge in [0.15, 0.2) is 0 Å². The molecule has 0 saturated heterocycles. The van der Waals surface area contributed by atoms with Crippen LogP contribution in [0.3, 0.4) is 0 Å². The zero-order valence-electron chi connectivity index (χ0n) is 54.5. The van der Waals surface area contributed by atoms with E-state index in [1.54, 1.807) is 0 Å². The molecule has 0 heterocycles. The number of ether oxygens (including phenoxy) is 1. The zero-order chi connectivity index (χ0) is 59.3. The normalized spacial score (nSPS) is 13.8. The number of rotatable bonds is 64. The number of likely N-dealkylation sites (N-methyl/N-ethyl adjacent to an activating group) is 1. The fourth-order valence-corrected chi connectivity index (χ4v) is 11.0. The lowest BCUT2D eigenvalue weighted by Gasteiger charge is -2.30. The molecule has 0 aliphatic heterocycles. The van der Waals surface area contributed by atoms with Gasteiger partial charge in [-0.25, -0.2) is 0 Å². The monoisotopic (exact) mass is 1160 g/mol. The summed E-state index contributed by atoms with van der Waals surface area (Å²) in [6, 6.07) is -0.889. The first-order valence-corrected chi connectivity index (χ1v) is 36.4. The minimum absolute atomic E-state index is 0.0216. The number of unbranched alkanes of at least 4 members (excludes halogenated alkanes) is 42. The third kappa shape index (κ3) is 62.3. The van der Waals surface area contributed by atoms with Gasteiger partial charge in [-0.1, -0.05) is 288 Å². The highest BCUT2D eigenvalue weighted by Gasteiger charge is 2.27. The molecule has 10 heteroatoms. The summed E-state index contributed by atoms with van der Waals surface area (Å²) >= 11 is 0. The van der Waals surface area contributed by atoms with E-state index >= 15 is 0 Å². The van der Waals surface area contributed by atoms with Crippen LogP contribution in [0.2, 0.25) is 0 Å². The summed E-state index contributed by atoms with van der Waals surface area (Å²) in [6.07, 6.45) is 76.5. The van der Waals surface area contributed by atoms with Crippen molar-refractivity contribution < 1.29 is 37.3 Å². The summed E-state index contributed by atoms with van der Waals surface area (Å²) in [5.41, 5.74) is 0. The summed E-state index contributed by atoms with van der Waals surface area (Å²) in [6.45, 7) is 6.86.